The van der Waals surface area contributed by atoms with Gasteiger partial charge in [0.05, 0.1) is 17.0 Å². The third-order valence-corrected chi connectivity index (χ3v) is 2.65. The van der Waals surface area contributed by atoms with Crippen LogP contribution < -0.4 is 0 Å². The highest BCUT2D eigenvalue weighted by Gasteiger charge is 2.12. The van der Waals surface area contributed by atoms with Gasteiger partial charge in [0.25, 0.3) is 0 Å². The summed E-state index contributed by atoms with van der Waals surface area (Å²) in [6.45, 7) is 1.77. The number of nitrogens with zero attached hydrogens (tertiary/aromatic N) is 1. The Morgan fingerprint density at radius 3 is 2.69 bits per heavy atom. The number of phenols is 2. The SMILES string of the molecule is Cc1cc(O)c(O)c(Br)c1CC#N. The molecule has 0 radical (unpaired) electrons. The number of aryl methyl sites for hydroxylation is 1. The molecule has 0 spiro atoms. The van der Waals surface area contributed by atoms with E-state index in [0.29, 0.717) is 10.0 Å². The molecule has 0 aliphatic heterocycles. The van der Waals surface area contributed by atoms with Crippen molar-refractivity contribution in [2.75, 3.05) is 0 Å². The van der Waals surface area contributed by atoms with Crippen molar-refractivity contribution >= 4 is 15.9 Å². The summed E-state index contributed by atoms with van der Waals surface area (Å²) in [4.78, 5) is 0. The summed E-state index contributed by atoms with van der Waals surface area (Å²) in [7, 11) is 0. The van der Waals surface area contributed by atoms with Crippen LogP contribution in [0.2, 0.25) is 0 Å². The van der Waals surface area contributed by atoms with Gasteiger partial charge in [0.1, 0.15) is 0 Å². The van der Waals surface area contributed by atoms with Gasteiger partial charge in [-0.1, -0.05) is 0 Å². The molecule has 0 saturated heterocycles. The van der Waals surface area contributed by atoms with Crippen molar-refractivity contribution in [3.05, 3.63) is 21.7 Å². The van der Waals surface area contributed by atoms with Crippen molar-refractivity contribution in [2.24, 2.45) is 0 Å². The van der Waals surface area contributed by atoms with Crippen LogP contribution in [-0.4, -0.2) is 10.2 Å². The van der Waals surface area contributed by atoms with E-state index in [1.165, 1.54) is 6.07 Å². The van der Waals surface area contributed by atoms with E-state index in [2.05, 4.69) is 15.9 Å². The first-order valence-corrected chi connectivity index (χ1v) is 4.44. The molecule has 1 aromatic carbocycles. The summed E-state index contributed by atoms with van der Waals surface area (Å²) in [6.07, 6.45) is 0.209. The number of benzene rings is 1. The first kappa shape index (κ1) is 9.87. The molecule has 68 valence electrons. The summed E-state index contributed by atoms with van der Waals surface area (Å²) in [6, 6.07) is 3.43. The van der Waals surface area contributed by atoms with Crippen molar-refractivity contribution < 1.29 is 10.2 Å². The Morgan fingerprint density at radius 2 is 2.15 bits per heavy atom. The maximum atomic E-state index is 9.33. The normalized spacial score (nSPS) is 9.62. The highest BCUT2D eigenvalue weighted by Crippen LogP contribution is 2.37. The molecular weight excluding hydrogens is 234 g/mol. The third-order valence-electron chi connectivity index (χ3n) is 1.80. The number of nitriles is 1. The molecule has 0 fully saturated rings. The lowest BCUT2D eigenvalue weighted by Crippen LogP contribution is -1.90. The van der Waals surface area contributed by atoms with E-state index in [9.17, 15) is 10.2 Å². The predicted molar refractivity (Wildman–Crippen MR) is 51.5 cm³/mol. The summed E-state index contributed by atoms with van der Waals surface area (Å²) in [5.74, 6) is -0.387. The Labute approximate surface area is 84.4 Å². The quantitative estimate of drug-likeness (QED) is 0.742. The lowest BCUT2D eigenvalue weighted by atomic mass is 10.1. The molecule has 3 nitrogen and oxygen atoms in total. The average molecular weight is 242 g/mol. The highest BCUT2D eigenvalue weighted by molar-refractivity contribution is 9.10. The van der Waals surface area contributed by atoms with Gasteiger partial charge in [-0.2, -0.15) is 5.26 Å². The molecule has 2 N–H and O–H groups in total. The maximum Gasteiger partial charge on any atom is 0.172 e. The molecular formula is C9H8BrNO2. The van der Waals surface area contributed by atoms with Gasteiger partial charge < -0.3 is 10.2 Å². The predicted octanol–water partition coefficient (Wildman–Crippen LogP) is 2.23. The van der Waals surface area contributed by atoms with Crippen molar-refractivity contribution in [3.8, 4) is 17.6 Å². The van der Waals surface area contributed by atoms with E-state index >= 15 is 0 Å². The topological polar surface area (TPSA) is 64.2 Å². The van der Waals surface area contributed by atoms with Crippen molar-refractivity contribution in [1.82, 2.24) is 0 Å². The second-order valence-electron chi connectivity index (χ2n) is 2.69. The zero-order valence-electron chi connectivity index (χ0n) is 7.00. The van der Waals surface area contributed by atoms with Gasteiger partial charge in [-0.15, -0.1) is 0 Å². The monoisotopic (exact) mass is 241 g/mol. The molecule has 0 heterocycles. The molecule has 1 aromatic rings. The first-order chi connectivity index (χ1) is 6.07. The van der Waals surface area contributed by atoms with Crippen molar-refractivity contribution in [1.29, 1.82) is 5.26 Å². The summed E-state index contributed by atoms with van der Waals surface area (Å²) in [5, 5.41) is 27.1. The standard InChI is InChI=1S/C9H8BrNO2/c1-5-4-7(12)9(13)8(10)6(5)2-3-11/h4,12-13H,2H2,1H3. The summed E-state index contributed by atoms with van der Waals surface area (Å²) >= 11 is 3.12. The van der Waals surface area contributed by atoms with Crippen LogP contribution in [0.3, 0.4) is 0 Å². The molecule has 13 heavy (non-hydrogen) atoms. The fourth-order valence-electron chi connectivity index (χ4n) is 1.09. The zero-order valence-corrected chi connectivity index (χ0v) is 8.59. The fourth-order valence-corrected chi connectivity index (χ4v) is 1.74. The Morgan fingerprint density at radius 1 is 1.54 bits per heavy atom. The smallest absolute Gasteiger partial charge is 0.172 e. The Kier molecular flexibility index (Phi) is 2.79. The van der Waals surface area contributed by atoms with Crippen molar-refractivity contribution in [3.63, 3.8) is 0 Å². The van der Waals surface area contributed by atoms with Gasteiger partial charge in [0, 0.05) is 0 Å². The molecule has 4 heteroatoms. The van der Waals surface area contributed by atoms with E-state index in [4.69, 9.17) is 5.26 Å². The molecule has 0 aliphatic carbocycles. The number of halogens is 1. The molecule has 0 aliphatic rings. The van der Waals surface area contributed by atoms with E-state index in [0.717, 1.165) is 5.56 Å². The maximum absolute atomic E-state index is 9.33. The van der Waals surface area contributed by atoms with Gasteiger partial charge in [0.15, 0.2) is 11.5 Å². The van der Waals surface area contributed by atoms with Crippen LogP contribution in [0.25, 0.3) is 0 Å². The first-order valence-electron chi connectivity index (χ1n) is 3.64. The fraction of sp³-hybridized carbons (Fsp3) is 0.222. The van der Waals surface area contributed by atoms with Crippen LogP contribution in [0.15, 0.2) is 10.5 Å². The largest absolute Gasteiger partial charge is 0.504 e. The van der Waals surface area contributed by atoms with E-state index < -0.39 is 0 Å². The molecule has 0 saturated carbocycles. The molecule has 0 unspecified atom stereocenters. The van der Waals surface area contributed by atoms with Crippen LogP contribution in [0, 0.1) is 18.3 Å². The van der Waals surface area contributed by atoms with Gasteiger partial charge in [-0.3, -0.25) is 0 Å². The second-order valence-corrected chi connectivity index (χ2v) is 3.48. The number of rotatable bonds is 1. The lowest BCUT2D eigenvalue weighted by molar-refractivity contribution is 0.400. The minimum atomic E-state index is -0.212. The van der Waals surface area contributed by atoms with Gasteiger partial charge >= 0.3 is 0 Å². The lowest BCUT2D eigenvalue weighted by Gasteiger charge is -2.08. The van der Waals surface area contributed by atoms with E-state index in [1.807, 2.05) is 6.07 Å². The Balaban J connectivity index is 3.36. The minimum absolute atomic E-state index is 0.175. The minimum Gasteiger partial charge on any atom is -0.504 e. The molecule has 0 aromatic heterocycles. The van der Waals surface area contributed by atoms with Crippen LogP contribution in [-0.2, 0) is 6.42 Å². The van der Waals surface area contributed by atoms with Crippen LogP contribution >= 0.6 is 15.9 Å². The average Bonchev–Trinajstić information content (AvgIpc) is 2.09. The van der Waals surface area contributed by atoms with E-state index in [-0.39, 0.29) is 17.9 Å². The third kappa shape index (κ3) is 1.76. The number of hydrogen-bond donors (Lipinski definition) is 2. The number of hydrogen-bond acceptors (Lipinski definition) is 3. The van der Waals surface area contributed by atoms with Crippen LogP contribution in [0.1, 0.15) is 11.1 Å². The van der Waals surface area contributed by atoms with Gasteiger partial charge in [-0.05, 0) is 40.0 Å². The highest BCUT2D eigenvalue weighted by atomic mass is 79.9. The molecule has 0 amide bonds. The summed E-state index contributed by atoms with van der Waals surface area (Å²) in [5.41, 5.74) is 1.49. The van der Waals surface area contributed by atoms with Gasteiger partial charge in [0.2, 0.25) is 0 Å². The van der Waals surface area contributed by atoms with Crippen LogP contribution in [0.5, 0.6) is 11.5 Å². The van der Waals surface area contributed by atoms with E-state index in [1.54, 1.807) is 6.92 Å². The molecule has 0 bridgehead atoms. The van der Waals surface area contributed by atoms with Gasteiger partial charge in [-0.25, -0.2) is 0 Å². The molecule has 0 atom stereocenters. The number of phenolic OH excluding ortho intramolecular Hbond substituents is 2. The van der Waals surface area contributed by atoms with Crippen LogP contribution in [0.4, 0.5) is 0 Å². The Hall–Kier alpha value is -1.21. The zero-order chi connectivity index (χ0) is 10.0. The van der Waals surface area contributed by atoms with Crippen molar-refractivity contribution in [2.45, 2.75) is 13.3 Å². The Bertz CT molecular complexity index is 382. The summed E-state index contributed by atoms with van der Waals surface area (Å²) < 4.78 is 0.395. The number of aromatic hydroxyl groups is 2. The molecule has 1 rings (SSSR count). The second kappa shape index (κ2) is 3.67.